The maximum absolute atomic E-state index is 12.5. The van der Waals surface area contributed by atoms with Crippen molar-refractivity contribution in [2.24, 2.45) is 5.41 Å². The van der Waals surface area contributed by atoms with E-state index in [0.29, 0.717) is 31.6 Å². The maximum Gasteiger partial charge on any atom is 0.236 e. The van der Waals surface area contributed by atoms with Crippen molar-refractivity contribution in [2.45, 2.75) is 12.8 Å². The minimum atomic E-state index is -0.132. The van der Waals surface area contributed by atoms with E-state index >= 15 is 0 Å². The Morgan fingerprint density at radius 3 is 2.62 bits per heavy atom. The Hall–Kier alpha value is -2.39. The fraction of sp³-hybridized carbons (Fsp3) is 0.500. The Morgan fingerprint density at radius 2 is 2.00 bits per heavy atom. The van der Waals surface area contributed by atoms with E-state index in [1.807, 2.05) is 36.0 Å². The fourth-order valence-electron chi connectivity index (χ4n) is 3.64. The number of hydrogen-bond acceptors (Lipinski definition) is 4. The molecule has 0 saturated carbocycles. The van der Waals surface area contributed by atoms with Crippen LogP contribution in [0.2, 0.25) is 0 Å². The van der Waals surface area contributed by atoms with Gasteiger partial charge in [0.25, 0.3) is 0 Å². The van der Waals surface area contributed by atoms with Gasteiger partial charge in [-0.3, -0.25) is 9.59 Å². The molecule has 126 valence electrons. The van der Waals surface area contributed by atoms with E-state index in [4.69, 9.17) is 5.26 Å². The van der Waals surface area contributed by atoms with Crippen molar-refractivity contribution >= 4 is 17.5 Å². The first kappa shape index (κ1) is 16.5. The predicted octanol–water partition coefficient (Wildman–Crippen LogP) is 1.08. The lowest BCUT2D eigenvalue weighted by atomic mass is 9.86. The van der Waals surface area contributed by atoms with E-state index in [1.165, 1.54) is 0 Å². The normalized spacial score (nSPS) is 23.3. The van der Waals surface area contributed by atoms with Crippen LogP contribution in [0.4, 0.5) is 5.69 Å². The Morgan fingerprint density at radius 1 is 1.29 bits per heavy atom. The first-order chi connectivity index (χ1) is 11.4. The van der Waals surface area contributed by atoms with Crippen molar-refractivity contribution < 1.29 is 9.59 Å². The molecule has 2 saturated heterocycles. The average molecular weight is 326 g/mol. The highest BCUT2D eigenvalue weighted by Crippen LogP contribution is 2.41. The van der Waals surface area contributed by atoms with Gasteiger partial charge in [0, 0.05) is 37.2 Å². The largest absolute Gasteiger partial charge is 0.341 e. The topological polar surface area (TPSA) is 67.7 Å². The molecular formula is C18H22N4O2. The zero-order chi connectivity index (χ0) is 17.3. The SMILES string of the molecule is CN(C)CC(=O)N1CCC2(CC(=O)N(c3ccc(C#N)cc3)C2)C1. The van der Waals surface area contributed by atoms with Gasteiger partial charge in [-0.1, -0.05) is 0 Å². The highest BCUT2D eigenvalue weighted by Gasteiger charge is 2.48. The van der Waals surface area contributed by atoms with Gasteiger partial charge < -0.3 is 14.7 Å². The van der Waals surface area contributed by atoms with E-state index < -0.39 is 0 Å². The van der Waals surface area contributed by atoms with Crippen LogP contribution in [0.3, 0.4) is 0 Å². The Bertz CT molecular complexity index is 692. The van der Waals surface area contributed by atoms with E-state index in [-0.39, 0.29) is 17.2 Å². The smallest absolute Gasteiger partial charge is 0.236 e. The molecule has 0 aliphatic carbocycles. The summed E-state index contributed by atoms with van der Waals surface area (Å²) >= 11 is 0. The van der Waals surface area contributed by atoms with Crippen LogP contribution in [0.25, 0.3) is 0 Å². The lowest BCUT2D eigenvalue weighted by molar-refractivity contribution is -0.131. The standard InChI is InChI=1S/C18H22N4O2/c1-20(2)11-17(24)21-8-7-18(12-21)9-16(23)22(13-18)15-5-3-14(10-19)4-6-15/h3-6H,7-9,11-13H2,1-2H3. The summed E-state index contributed by atoms with van der Waals surface area (Å²) in [4.78, 5) is 30.3. The lowest BCUT2D eigenvalue weighted by Gasteiger charge is -2.25. The molecule has 6 nitrogen and oxygen atoms in total. The van der Waals surface area contributed by atoms with Crippen molar-refractivity contribution in [3.05, 3.63) is 29.8 Å². The molecule has 0 N–H and O–H groups in total. The summed E-state index contributed by atoms with van der Waals surface area (Å²) in [7, 11) is 3.77. The quantitative estimate of drug-likeness (QED) is 0.833. The molecule has 1 atom stereocenters. The molecule has 1 unspecified atom stereocenters. The zero-order valence-electron chi connectivity index (χ0n) is 14.2. The third-order valence-corrected chi connectivity index (χ3v) is 4.87. The molecule has 2 aliphatic rings. The number of nitriles is 1. The molecule has 2 aliphatic heterocycles. The van der Waals surface area contributed by atoms with Gasteiger partial charge in [0.2, 0.25) is 11.8 Å². The molecule has 0 aromatic heterocycles. The van der Waals surface area contributed by atoms with Crippen molar-refractivity contribution in [1.82, 2.24) is 9.80 Å². The van der Waals surface area contributed by atoms with Gasteiger partial charge in [0.1, 0.15) is 0 Å². The summed E-state index contributed by atoms with van der Waals surface area (Å²) in [6, 6.07) is 9.19. The van der Waals surface area contributed by atoms with Crippen molar-refractivity contribution in [3.8, 4) is 6.07 Å². The van der Waals surface area contributed by atoms with Gasteiger partial charge in [-0.25, -0.2) is 0 Å². The van der Waals surface area contributed by atoms with E-state index in [1.54, 1.807) is 17.0 Å². The van der Waals surface area contributed by atoms with Crippen LogP contribution in [0.15, 0.2) is 24.3 Å². The van der Waals surface area contributed by atoms with Crippen LogP contribution in [0.1, 0.15) is 18.4 Å². The van der Waals surface area contributed by atoms with Crippen LogP contribution >= 0.6 is 0 Å². The van der Waals surface area contributed by atoms with Gasteiger partial charge >= 0.3 is 0 Å². The van der Waals surface area contributed by atoms with Gasteiger partial charge in [-0.2, -0.15) is 5.26 Å². The number of hydrogen-bond donors (Lipinski definition) is 0. The molecule has 1 aromatic carbocycles. The van der Waals surface area contributed by atoms with Gasteiger partial charge in [-0.15, -0.1) is 0 Å². The zero-order valence-corrected chi connectivity index (χ0v) is 14.2. The highest BCUT2D eigenvalue weighted by molar-refractivity contribution is 5.96. The Labute approximate surface area is 142 Å². The minimum absolute atomic E-state index is 0.0987. The molecule has 3 rings (SSSR count). The summed E-state index contributed by atoms with van der Waals surface area (Å²) in [5.41, 5.74) is 1.28. The predicted molar refractivity (Wildman–Crippen MR) is 90.3 cm³/mol. The first-order valence-corrected chi connectivity index (χ1v) is 8.15. The van der Waals surface area contributed by atoms with E-state index in [0.717, 1.165) is 18.7 Å². The maximum atomic E-state index is 12.5. The lowest BCUT2D eigenvalue weighted by Crippen LogP contribution is -2.38. The van der Waals surface area contributed by atoms with E-state index in [9.17, 15) is 9.59 Å². The Kier molecular flexibility index (Phi) is 4.29. The second kappa shape index (κ2) is 6.25. The number of amides is 2. The molecule has 1 aromatic rings. The van der Waals surface area contributed by atoms with Crippen LogP contribution in [0, 0.1) is 16.7 Å². The van der Waals surface area contributed by atoms with Crippen molar-refractivity contribution in [2.75, 3.05) is 45.2 Å². The highest BCUT2D eigenvalue weighted by atomic mass is 16.2. The molecule has 0 bridgehead atoms. The summed E-state index contributed by atoms with van der Waals surface area (Å²) in [6.07, 6.45) is 1.35. The fourth-order valence-corrected chi connectivity index (χ4v) is 3.64. The number of carbonyl (C=O) groups is 2. The van der Waals surface area contributed by atoms with E-state index in [2.05, 4.69) is 6.07 Å². The Balaban J connectivity index is 1.70. The monoisotopic (exact) mass is 326 g/mol. The molecule has 2 fully saturated rings. The molecular weight excluding hydrogens is 304 g/mol. The second-order valence-corrected chi connectivity index (χ2v) is 7.12. The molecule has 2 amide bonds. The number of anilines is 1. The molecule has 2 heterocycles. The van der Waals surface area contributed by atoms with Gasteiger partial charge in [-0.05, 0) is 44.8 Å². The average Bonchev–Trinajstić information content (AvgIpc) is 3.10. The summed E-state index contributed by atoms with van der Waals surface area (Å²) in [5.74, 6) is 0.225. The van der Waals surface area contributed by atoms with Crippen LogP contribution < -0.4 is 4.90 Å². The summed E-state index contributed by atoms with van der Waals surface area (Å²) < 4.78 is 0. The van der Waals surface area contributed by atoms with Gasteiger partial charge in [0.15, 0.2) is 0 Å². The molecule has 1 spiro atoms. The number of likely N-dealkylation sites (N-methyl/N-ethyl adjacent to an activating group) is 1. The number of benzene rings is 1. The minimum Gasteiger partial charge on any atom is -0.341 e. The van der Waals surface area contributed by atoms with Crippen LogP contribution in [-0.4, -0.2) is 61.9 Å². The number of nitrogens with zero attached hydrogens (tertiary/aromatic N) is 4. The first-order valence-electron chi connectivity index (χ1n) is 8.15. The number of carbonyl (C=O) groups excluding carboxylic acids is 2. The van der Waals surface area contributed by atoms with Crippen LogP contribution in [-0.2, 0) is 9.59 Å². The summed E-state index contributed by atoms with van der Waals surface area (Å²) in [5, 5.41) is 8.89. The molecule has 6 heteroatoms. The van der Waals surface area contributed by atoms with Gasteiger partial charge in [0.05, 0.1) is 18.2 Å². The van der Waals surface area contributed by atoms with Crippen LogP contribution in [0.5, 0.6) is 0 Å². The number of rotatable bonds is 3. The second-order valence-electron chi connectivity index (χ2n) is 7.12. The molecule has 0 radical (unpaired) electrons. The third-order valence-electron chi connectivity index (χ3n) is 4.87. The number of likely N-dealkylation sites (tertiary alicyclic amines) is 1. The van der Waals surface area contributed by atoms with Crippen molar-refractivity contribution in [1.29, 1.82) is 5.26 Å². The van der Waals surface area contributed by atoms with Crippen molar-refractivity contribution in [3.63, 3.8) is 0 Å². The third kappa shape index (κ3) is 3.13. The molecule has 24 heavy (non-hydrogen) atoms. The summed E-state index contributed by atoms with van der Waals surface area (Å²) in [6.45, 7) is 2.42.